The summed E-state index contributed by atoms with van der Waals surface area (Å²) in [6, 6.07) is 14.2. The highest BCUT2D eigenvalue weighted by atomic mass is 35.5. The van der Waals surface area contributed by atoms with Crippen LogP contribution in [0.15, 0.2) is 83.5 Å². The van der Waals surface area contributed by atoms with Gasteiger partial charge in [0.05, 0.1) is 27.1 Å². The van der Waals surface area contributed by atoms with Crippen molar-refractivity contribution in [2.45, 2.75) is 75.9 Å². The van der Waals surface area contributed by atoms with Crippen molar-refractivity contribution in [3.63, 3.8) is 0 Å². The lowest BCUT2D eigenvalue weighted by Crippen LogP contribution is -2.56. The summed E-state index contributed by atoms with van der Waals surface area (Å²) in [5.41, 5.74) is 2.96. The Morgan fingerprint density at radius 2 is 1.62 bits per heavy atom. The Balaban J connectivity index is 0.681. The number of Topliss-reactive ketones (excluding diaryl/α,β-unsaturated/α-hetero) is 1. The summed E-state index contributed by atoms with van der Waals surface area (Å²) in [7, 11) is 0. The molecule has 16 nitrogen and oxygen atoms in total. The average molecular weight is 886 g/mol. The van der Waals surface area contributed by atoms with E-state index in [0.717, 1.165) is 62.4 Å². The molecule has 0 saturated carbocycles. The summed E-state index contributed by atoms with van der Waals surface area (Å²) in [6.07, 6.45) is 9.96. The first-order valence-corrected chi connectivity index (χ1v) is 22.5. The van der Waals surface area contributed by atoms with E-state index in [2.05, 4.69) is 35.4 Å². The highest BCUT2D eigenvalue weighted by molar-refractivity contribution is 6.35. The number of fused-ring (bicyclic) bond motifs is 2. The van der Waals surface area contributed by atoms with Gasteiger partial charge in [-0.3, -0.25) is 43.9 Å². The van der Waals surface area contributed by atoms with E-state index in [-0.39, 0.29) is 36.1 Å². The van der Waals surface area contributed by atoms with Crippen LogP contribution in [-0.2, 0) is 14.4 Å². The van der Waals surface area contributed by atoms with Crippen molar-refractivity contribution in [1.29, 1.82) is 0 Å². The number of hydrogen-bond donors (Lipinski definition) is 3. The van der Waals surface area contributed by atoms with Gasteiger partial charge in [-0.05, 0) is 80.9 Å². The molecule has 2 aromatic heterocycles. The zero-order valence-corrected chi connectivity index (χ0v) is 35.9. The van der Waals surface area contributed by atoms with Gasteiger partial charge in [0.2, 0.25) is 17.7 Å². The second kappa shape index (κ2) is 17.3. The van der Waals surface area contributed by atoms with Gasteiger partial charge < -0.3 is 24.8 Å². The molecule has 0 bridgehead atoms. The first-order chi connectivity index (χ1) is 31.1. The Kier molecular flexibility index (Phi) is 11.2. The van der Waals surface area contributed by atoms with E-state index in [0.29, 0.717) is 94.4 Å². The van der Waals surface area contributed by atoms with Crippen LogP contribution in [0.2, 0.25) is 0 Å². The van der Waals surface area contributed by atoms with E-state index in [1.54, 1.807) is 24.4 Å². The number of carbonyl (C=O) groups excluding carboxylic acids is 6. The van der Waals surface area contributed by atoms with Crippen molar-refractivity contribution in [2.75, 3.05) is 49.5 Å². The van der Waals surface area contributed by atoms with Crippen molar-refractivity contribution >= 4 is 69.5 Å². The van der Waals surface area contributed by atoms with Gasteiger partial charge in [0.1, 0.15) is 35.3 Å². The van der Waals surface area contributed by atoms with Gasteiger partial charge in [0, 0.05) is 88.1 Å². The molecule has 64 heavy (non-hydrogen) atoms. The number of hydrogen-bond acceptors (Lipinski definition) is 12. The number of imide groups is 2. The standard InChI is InChI=1S/C47H48ClN9O7/c48-37-22-32(64-31-4-2-1-3-5-31)7-9-34(37)42(60)36-23-49-43-41(36)44(51-26-50-43)52-28-12-16-55(17-13-28)40(59)20-27-24-56(25-27)29-14-18-54(19-15-29)30-6-8-33-35(21-30)47(63)57(46(33)62)38-10-11-39(58)53-45(38)61/h1-6,8,21-23,26-29,38H,7,9-20,24-25H2,(H,53,58,61)(H2,49,50,51,52). The number of ketones is 1. The number of aromatic amines is 1. The number of para-hydroxylation sites is 1. The molecule has 4 aromatic rings. The van der Waals surface area contributed by atoms with E-state index < -0.39 is 29.7 Å². The SMILES string of the molecule is O=C1CCC(N2C(=O)c3ccc(N4CCC(N5CC(CC(=O)N6CCC(Nc7ncnc8[nH]cc(C(=O)C9=C(Cl)C=C(Oc%10ccccc%10)CC9)c78)CC6)C5)CC4)cc3C2=O)C(=O)N1. The molecule has 0 spiro atoms. The number of H-pyrrole nitrogens is 1. The predicted octanol–water partition coefficient (Wildman–Crippen LogP) is 5.19. The van der Waals surface area contributed by atoms with Crippen LogP contribution in [0.4, 0.5) is 11.5 Å². The third kappa shape index (κ3) is 8.04. The normalized spacial score (nSPS) is 21.5. The second-order valence-electron chi connectivity index (χ2n) is 17.5. The molecule has 10 rings (SSSR count). The van der Waals surface area contributed by atoms with Crippen LogP contribution < -0.4 is 20.3 Å². The van der Waals surface area contributed by atoms with Crippen LogP contribution in [0, 0.1) is 5.92 Å². The number of amides is 5. The number of anilines is 2. The fraction of sp³-hybridized carbons (Fsp3) is 0.404. The summed E-state index contributed by atoms with van der Waals surface area (Å²) in [4.78, 5) is 97.7. The Morgan fingerprint density at radius 1 is 0.859 bits per heavy atom. The van der Waals surface area contributed by atoms with E-state index in [4.69, 9.17) is 16.3 Å². The molecule has 1 unspecified atom stereocenters. The van der Waals surface area contributed by atoms with Crippen molar-refractivity contribution in [1.82, 2.24) is 35.0 Å². The maximum atomic E-state index is 13.9. The number of allylic oxidation sites excluding steroid dienone is 4. The van der Waals surface area contributed by atoms with Crippen LogP contribution in [0.25, 0.3) is 11.0 Å². The smallest absolute Gasteiger partial charge is 0.262 e. The minimum Gasteiger partial charge on any atom is -0.462 e. The predicted molar refractivity (Wildman–Crippen MR) is 237 cm³/mol. The highest BCUT2D eigenvalue weighted by Gasteiger charge is 2.45. The largest absolute Gasteiger partial charge is 0.462 e. The molecule has 330 valence electrons. The molecule has 3 N–H and O–H groups in total. The summed E-state index contributed by atoms with van der Waals surface area (Å²) in [5.74, 6) is 0.291. The fourth-order valence-electron chi connectivity index (χ4n) is 10.0. The minimum atomic E-state index is -0.988. The topological polar surface area (TPSA) is 190 Å². The number of nitrogens with zero attached hydrogens (tertiary/aromatic N) is 6. The number of ether oxygens (including phenoxy) is 1. The minimum absolute atomic E-state index is 0.0653. The molecule has 4 fully saturated rings. The van der Waals surface area contributed by atoms with Gasteiger partial charge in [-0.25, -0.2) is 9.97 Å². The summed E-state index contributed by atoms with van der Waals surface area (Å²) in [5, 5.41) is 6.77. The molecular formula is C47H48ClN9O7. The quantitative estimate of drug-likeness (QED) is 0.132. The molecule has 2 aromatic carbocycles. The average Bonchev–Trinajstić information content (AvgIpc) is 3.83. The number of aromatic nitrogens is 3. The maximum Gasteiger partial charge on any atom is 0.262 e. The van der Waals surface area contributed by atoms with Gasteiger partial charge in [-0.15, -0.1) is 0 Å². The van der Waals surface area contributed by atoms with Crippen LogP contribution in [-0.4, -0.2) is 122 Å². The van der Waals surface area contributed by atoms with Crippen molar-refractivity contribution in [3.8, 4) is 5.75 Å². The number of rotatable bonds is 11. The van der Waals surface area contributed by atoms with Crippen LogP contribution in [0.5, 0.6) is 5.75 Å². The van der Waals surface area contributed by atoms with Crippen LogP contribution in [0.1, 0.15) is 88.9 Å². The summed E-state index contributed by atoms with van der Waals surface area (Å²) >= 11 is 6.68. The molecule has 0 radical (unpaired) electrons. The lowest BCUT2D eigenvalue weighted by Gasteiger charge is -2.48. The summed E-state index contributed by atoms with van der Waals surface area (Å²) < 4.78 is 5.98. The molecule has 5 amide bonds. The van der Waals surface area contributed by atoms with Crippen molar-refractivity contribution in [2.24, 2.45) is 5.92 Å². The van der Waals surface area contributed by atoms with E-state index in [9.17, 15) is 28.8 Å². The Labute approximate surface area is 374 Å². The summed E-state index contributed by atoms with van der Waals surface area (Å²) in [6.45, 7) is 4.65. The molecule has 1 aliphatic carbocycles. The van der Waals surface area contributed by atoms with Crippen LogP contribution >= 0.6 is 11.6 Å². The monoisotopic (exact) mass is 885 g/mol. The third-order valence-electron chi connectivity index (χ3n) is 13.6. The van der Waals surface area contributed by atoms with Gasteiger partial charge in [-0.2, -0.15) is 0 Å². The number of carbonyl (C=O) groups is 6. The Hall–Kier alpha value is -6.39. The molecule has 7 heterocycles. The lowest BCUT2D eigenvalue weighted by molar-refractivity contribution is -0.136. The van der Waals surface area contributed by atoms with Gasteiger partial charge in [-0.1, -0.05) is 29.8 Å². The zero-order chi connectivity index (χ0) is 44.1. The molecule has 17 heteroatoms. The Bertz CT molecular complexity index is 2620. The lowest BCUT2D eigenvalue weighted by atomic mass is 9.90. The first kappa shape index (κ1) is 41.6. The third-order valence-corrected chi connectivity index (χ3v) is 13.9. The van der Waals surface area contributed by atoms with Crippen LogP contribution in [0.3, 0.4) is 0 Å². The number of piperidine rings is 3. The van der Waals surface area contributed by atoms with E-state index in [1.807, 2.05) is 41.3 Å². The number of benzene rings is 2. The first-order valence-electron chi connectivity index (χ1n) is 22.2. The molecule has 6 aliphatic rings. The molecule has 4 saturated heterocycles. The molecular weight excluding hydrogens is 838 g/mol. The van der Waals surface area contributed by atoms with E-state index >= 15 is 0 Å². The Morgan fingerprint density at radius 3 is 2.38 bits per heavy atom. The van der Waals surface area contributed by atoms with Crippen molar-refractivity contribution in [3.05, 3.63) is 100 Å². The van der Waals surface area contributed by atoms with Gasteiger partial charge >= 0.3 is 0 Å². The maximum absolute atomic E-state index is 13.9. The van der Waals surface area contributed by atoms with Crippen molar-refractivity contribution < 1.29 is 33.5 Å². The van der Waals surface area contributed by atoms with E-state index in [1.165, 1.54) is 6.33 Å². The highest BCUT2D eigenvalue weighted by Crippen LogP contribution is 2.36. The zero-order valence-electron chi connectivity index (χ0n) is 35.2. The molecule has 5 aliphatic heterocycles. The number of nitrogens with one attached hydrogen (secondary N) is 3. The van der Waals surface area contributed by atoms with Gasteiger partial charge in [0.25, 0.3) is 11.8 Å². The number of halogens is 1. The second-order valence-corrected chi connectivity index (χ2v) is 18.0. The van der Waals surface area contributed by atoms with Gasteiger partial charge in [0.15, 0.2) is 5.78 Å². The number of likely N-dealkylation sites (tertiary alicyclic amines) is 2. The molecule has 1 atom stereocenters. The fourth-order valence-corrected chi connectivity index (χ4v) is 10.4.